The molecule has 0 aliphatic carbocycles. The number of hydrogen-bond acceptors (Lipinski definition) is 0. The molecule has 0 fully saturated rings. The molecule has 0 aromatic rings. The second-order valence-corrected chi connectivity index (χ2v) is 4.47. The van der Waals surface area contributed by atoms with E-state index >= 15 is 0 Å². The predicted octanol–water partition coefficient (Wildman–Crippen LogP) is 2.63. The van der Waals surface area contributed by atoms with Crippen molar-refractivity contribution in [2.45, 2.75) is 40.7 Å². The zero-order valence-electron chi connectivity index (χ0n) is 9.52. The van der Waals surface area contributed by atoms with Crippen molar-refractivity contribution in [1.82, 2.24) is 0 Å². The lowest BCUT2D eigenvalue weighted by atomic mass is 10.1. The minimum atomic E-state index is 0. The van der Waals surface area contributed by atoms with Crippen molar-refractivity contribution >= 4 is 13.5 Å². The molecule has 0 spiro atoms. The summed E-state index contributed by atoms with van der Waals surface area (Å²) in [6.07, 6.45) is 0. The van der Waals surface area contributed by atoms with E-state index in [9.17, 15) is 0 Å². The Balaban J connectivity index is 0. The molecule has 0 aromatic carbocycles. The summed E-state index contributed by atoms with van der Waals surface area (Å²) >= 11 is 0. The fourth-order valence-electron chi connectivity index (χ4n) is 1.54. The zero-order valence-corrected chi connectivity index (χ0v) is 10.5. The molecule has 0 saturated carbocycles. The van der Waals surface area contributed by atoms with Crippen LogP contribution in [0.25, 0.3) is 0 Å². The highest BCUT2D eigenvalue weighted by molar-refractivity contribution is 7.59. The molecular weight excluding hydrogens is 166 g/mol. The van der Waals surface area contributed by atoms with Crippen LogP contribution in [0.5, 0.6) is 0 Å². The molecule has 0 heterocycles. The van der Waals surface area contributed by atoms with Gasteiger partial charge in [-0.25, -0.2) is 0 Å². The van der Waals surface area contributed by atoms with E-state index in [4.69, 9.17) is 0 Å². The minimum absolute atomic E-state index is 0. The van der Waals surface area contributed by atoms with Crippen LogP contribution in [-0.2, 0) is 0 Å². The molecule has 0 radical (unpaired) electrons. The van der Waals surface area contributed by atoms with Crippen molar-refractivity contribution < 1.29 is 4.48 Å². The maximum atomic E-state index is 2.35. The first kappa shape index (κ1) is 14.8. The first-order chi connectivity index (χ1) is 4.92. The Hall–Kier alpha value is 0.310. The van der Waals surface area contributed by atoms with Gasteiger partial charge < -0.3 is 4.48 Å². The monoisotopic (exact) mass is 192 g/mol. The lowest BCUT2D eigenvalue weighted by Crippen LogP contribution is -2.51. The molecule has 2 heteroatoms. The van der Waals surface area contributed by atoms with Crippen LogP contribution in [0.4, 0.5) is 0 Å². The average Bonchev–Trinajstić information content (AvgIpc) is 1.86. The van der Waals surface area contributed by atoms with Crippen LogP contribution in [-0.4, -0.2) is 30.7 Å². The molecule has 0 aliphatic heterocycles. The fraction of sp³-hybridized carbons (Fsp3) is 1.00. The van der Waals surface area contributed by atoms with Gasteiger partial charge in [0.25, 0.3) is 0 Å². The second kappa shape index (κ2) is 5.87. The molecule has 1 nitrogen and oxygen atoms in total. The van der Waals surface area contributed by atoms with Crippen LogP contribution in [0.2, 0.25) is 0 Å². The summed E-state index contributed by atoms with van der Waals surface area (Å²) in [6.45, 7) is 14.0. The van der Waals surface area contributed by atoms with E-state index in [1.54, 1.807) is 0 Å². The molecule has 1 unspecified atom stereocenters. The lowest BCUT2D eigenvalue weighted by Gasteiger charge is -2.39. The molecule has 76 valence electrons. The van der Waals surface area contributed by atoms with Gasteiger partial charge in [-0.05, 0) is 20.8 Å². The van der Waals surface area contributed by atoms with Crippen LogP contribution >= 0.6 is 13.5 Å². The van der Waals surface area contributed by atoms with Gasteiger partial charge >= 0.3 is 0 Å². The standard InChI is InChI=1S/C10H24N.H2S/c1-7-11(6,10(4)5)8-9(2)3;/h9-10H,7-8H2,1-6H3;1H2/q+1;. The molecule has 0 aliphatic rings. The van der Waals surface area contributed by atoms with Crippen LogP contribution in [0.1, 0.15) is 34.6 Å². The largest absolute Gasteiger partial charge is 0.324 e. The fourth-order valence-corrected chi connectivity index (χ4v) is 1.54. The van der Waals surface area contributed by atoms with Crippen LogP contribution < -0.4 is 0 Å². The maximum Gasteiger partial charge on any atom is 0.0831 e. The van der Waals surface area contributed by atoms with Crippen LogP contribution in [0.3, 0.4) is 0 Å². The molecule has 0 bridgehead atoms. The molecule has 0 amide bonds. The van der Waals surface area contributed by atoms with Gasteiger partial charge in [-0.1, -0.05) is 13.8 Å². The van der Waals surface area contributed by atoms with Crippen molar-refractivity contribution in [3.05, 3.63) is 0 Å². The van der Waals surface area contributed by atoms with Gasteiger partial charge in [0.2, 0.25) is 0 Å². The normalized spacial score (nSPS) is 16.0. The summed E-state index contributed by atoms with van der Waals surface area (Å²) in [5.74, 6) is 0.808. The highest BCUT2D eigenvalue weighted by Crippen LogP contribution is 2.12. The van der Waals surface area contributed by atoms with E-state index < -0.39 is 0 Å². The van der Waals surface area contributed by atoms with Crippen LogP contribution in [0, 0.1) is 5.92 Å². The summed E-state index contributed by atoms with van der Waals surface area (Å²) in [7, 11) is 2.35. The Labute approximate surface area is 85.2 Å². The summed E-state index contributed by atoms with van der Waals surface area (Å²) in [6, 6.07) is 0.752. The third-order valence-electron chi connectivity index (χ3n) is 2.75. The maximum absolute atomic E-state index is 2.35. The number of rotatable bonds is 4. The van der Waals surface area contributed by atoms with E-state index in [2.05, 4.69) is 41.7 Å². The van der Waals surface area contributed by atoms with E-state index in [-0.39, 0.29) is 13.5 Å². The van der Waals surface area contributed by atoms with Gasteiger partial charge in [-0.2, -0.15) is 13.5 Å². The SMILES string of the molecule is CC[N+](C)(CC(C)C)C(C)C.S. The Morgan fingerprint density at radius 1 is 1.08 bits per heavy atom. The van der Waals surface area contributed by atoms with Crippen molar-refractivity contribution in [1.29, 1.82) is 0 Å². The Kier molecular flexibility index (Phi) is 7.25. The summed E-state index contributed by atoms with van der Waals surface area (Å²) in [5, 5.41) is 0. The highest BCUT2D eigenvalue weighted by atomic mass is 32.1. The third-order valence-corrected chi connectivity index (χ3v) is 2.75. The molecule has 0 rings (SSSR count). The van der Waals surface area contributed by atoms with Crippen molar-refractivity contribution in [3.8, 4) is 0 Å². The Morgan fingerprint density at radius 3 is 1.58 bits per heavy atom. The zero-order chi connectivity index (χ0) is 9.07. The molecule has 0 aromatic heterocycles. The van der Waals surface area contributed by atoms with Crippen molar-refractivity contribution in [2.24, 2.45) is 5.92 Å². The summed E-state index contributed by atoms with van der Waals surface area (Å²) in [5.41, 5.74) is 0. The van der Waals surface area contributed by atoms with E-state index in [0.717, 1.165) is 12.0 Å². The smallest absolute Gasteiger partial charge is 0.0831 e. The van der Waals surface area contributed by atoms with Gasteiger partial charge in [0.1, 0.15) is 0 Å². The predicted molar refractivity (Wildman–Crippen MR) is 61.9 cm³/mol. The quantitative estimate of drug-likeness (QED) is 0.601. The molecular formula is C10H26NS+. The Bertz CT molecular complexity index is 112. The minimum Gasteiger partial charge on any atom is -0.324 e. The van der Waals surface area contributed by atoms with Crippen LogP contribution in [0.15, 0.2) is 0 Å². The molecule has 1 atom stereocenters. The summed E-state index contributed by atoms with van der Waals surface area (Å²) < 4.78 is 1.21. The van der Waals surface area contributed by atoms with Crippen molar-refractivity contribution in [3.63, 3.8) is 0 Å². The summed E-state index contributed by atoms with van der Waals surface area (Å²) in [4.78, 5) is 0. The van der Waals surface area contributed by atoms with Gasteiger partial charge in [-0.3, -0.25) is 0 Å². The van der Waals surface area contributed by atoms with E-state index in [0.29, 0.717) is 0 Å². The lowest BCUT2D eigenvalue weighted by molar-refractivity contribution is -0.930. The number of quaternary nitrogens is 1. The first-order valence-electron chi connectivity index (χ1n) is 4.76. The first-order valence-corrected chi connectivity index (χ1v) is 4.76. The van der Waals surface area contributed by atoms with E-state index in [1.165, 1.54) is 17.6 Å². The second-order valence-electron chi connectivity index (χ2n) is 4.47. The van der Waals surface area contributed by atoms with Crippen molar-refractivity contribution in [2.75, 3.05) is 20.1 Å². The average molecular weight is 192 g/mol. The van der Waals surface area contributed by atoms with Gasteiger partial charge in [0.05, 0.1) is 26.2 Å². The Morgan fingerprint density at radius 2 is 1.50 bits per heavy atom. The van der Waals surface area contributed by atoms with Gasteiger partial charge in [0.15, 0.2) is 0 Å². The molecule has 12 heavy (non-hydrogen) atoms. The topological polar surface area (TPSA) is 0 Å². The molecule has 0 saturated heterocycles. The van der Waals surface area contributed by atoms with E-state index in [1.807, 2.05) is 0 Å². The number of hydrogen-bond donors (Lipinski definition) is 0. The van der Waals surface area contributed by atoms with Gasteiger partial charge in [-0.15, -0.1) is 0 Å². The molecule has 0 N–H and O–H groups in total. The highest BCUT2D eigenvalue weighted by Gasteiger charge is 2.24. The number of nitrogens with zero attached hydrogens (tertiary/aromatic N) is 1. The van der Waals surface area contributed by atoms with Gasteiger partial charge in [0, 0.05) is 5.92 Å². The third kappa shape index (κ3) is 4.36.